The summed E-state index contributed by atoms with van der Waals surface area (Å²) in [7, 11) is 1.67. The van der Waals surface area contributed by atoms with E-state index in [0.717, 1.165) is 30.0 Å². The van der Waals surface area contributed by atoms with E-state index >= 15 is 0 Å². The highest BCUT2D eigenvalue weighted by molar-refractivity contribution is 9.10. The van der Waals surface area contributed by atoms with Gasteiger partial charge in [-0.1, -0.05) is 6.07 Å². The molecule has 0 atom stereocenters. The largest absolute Gasteiger partial charge is 0.496 e. The Balaban J connectivity index is 1.93. The number of rotatable bonds is 4. The highest BCUT2D eigenvalue weighted by Gasteiger charge is 2.16. The van der Waals surface area contributed by atoms with Crippen molar-refractivity contribution in [2.45, 2.75) is 12.6 Å². The maximum atomic E-state index is 5.17. The van der Waals surface area contributed by atoms with E-state index in [1.807, 2.05) is 6.07 Å². The van der Waals surface area contributed by atoms with E-state index < -0.39 is 0 Å². The quantitative estimate of drug-likeness (QED) is 0.908. The molecule has 1 heterocycles. The third kappa shape index (κ3) is 2.71. The molecular formula is C11H14BrNO2. The van der Waals surface area contributed by atoms with Gasteiger partial charge in [-0.3, -0.25) is 0 Å². The van der Waals surface area contributed by atoms with Gasteiger partial charge in [-0.25, -0.2) is 0 Å². The van der Waals surface area contributed by atoms with Crippen molar-refractivity contribution in [3.05, 3.63) is 28.2 Å². The fraction of sp³-hybridized carbons (Fsp3) is 0.455. The van der Waals surface area contributed by atoms with Crippen molar-refractivity contribution in [3.63, 3.8) is 0 Å². The lowest BCUT2D eigenvalue weighted by Gasteiger charge is -2.27. The van der Waals surface area contributed by atoms with Crippen LogP contribution in [0.1, 0.15) is 5.56 Å². The summed E-state index contributed by atoms with van der Waals surface area (Å²) in [6.07, 6.45) is 0. The summed E-state index contributed by atoms with van der Waals surface area (Å²) in [4.78, 5) is 0. The number of nitrogens with one attached hydrogen (secondary N) is 1. The maximum absolute atomic E-state index is 5.17. The first-order valence-electron chi connectivity index (χ1n) is 4.93. The Labute approximate surface area is 97.9 Å². The molecule has 0 unspecified atom stereocenters. The summed E-state index contributed by atoms with van der Waals surface area (Å²) in [6.45, 7) is 2.53. The molecule has 0 amide bonds. The summed E-state index contributed by atoms with van der Waals surface area (Å²) < 4.78 is 11.3. The van der Waals surface area contributed by atoms with Crippen LogP contribution in [0.2, 0.25) is 0 Å². The van der Waals surface area contributed by atoms with Gasteiger partial charge in [0.1, 0.15) is 5.75 Å². The highest BCUT2D eigenvalue weighted by atomic mass is 79.9. The van der Waals surface area contributed by atoms with Crippen molar-refractivity contribution >= 4 is 15.9 Å². The van der Waals surface area contributed by atoms with E-state index in [4.69, 9.17) is 9.47 Å². The first-order chi connectivity index (χ1) is 7.29. The Morgan fingerprint density at radius 3 is 2.87 bits per heavy atom. The molecular weight excluding hydrogens is 258 g/mol. The molecule has 1 aliphatic rings. The molecule has 0 saturated carbocycles. The summed E-state index contributed by atoms with van der Waals surface area (Å²) in [6, 6.07) is 6.63. The Morgan fingerprint density at radius 1 is 1.53 bits per heavy atom. The van der Waals surface area contributed by atoms with Crippen LogP contribution in [0, 0.1) is 0 Å². The molecule has 0 aliphatic carbocycles. The minimum atomic E-state index is 0.519. The Morgan fingerprint density at radius 2 is 2.33 bits per heavy atom. The molecule has 4 heteroatoms. The fourth-order valence-electron chi connectivity index (χ4n) is 1.44. The predicted octanol–water partition coefficient (Wildman–Crippen LogP) is 1.95. The Bertz CT molecular complexity index is 339. The predicted molar refractivity (Wildman–Crippen MR) is 62.1 cm³/mol. The minimum absolute atomic E-state index is 0.519. The van der Waals surface area contributed by atoms with Crippen molar-refractivity contribution in [3.8, 4) is 5.75 Å². The molecule has 1 aromatic carbocycles. The van der Waals surface area contributed by atoms with Crippen LogP contribution in [-0.4, -0.2) is 26.4 Å². The molecule has 1 N–H and O–H groups in total. The zero-order valence-corrected chi connectivity index (χ0v) is 10.2. The lowest BCUT2D eigenvalue weighted by molar-refractivity contribution is -0.00578. The molecule has 0 radical (unpaired) electrons. The van der Waals surface area contributed by atoms with Crippen LogP contribution >= 0.6 is 15.9 Å². The van der Waals surface area contributed by atoms with Crippen LogP contribution in [0.3, 0.4) is 0 Å². The SMILES string of the molecule is COc1ccc(CNC2COC2)cc1Br. The monoisotopic (exact) mass is 271 g/mol. The standard InChI is InChI=1S/C11H14BrNO2/c1-14-11-3-2-8(4-10(11)12)5-13-9-6-15-7-9/h2-4,9,13H,5-7H2,1H3. The molecule has 82 valence electrons. The summed E-state index contributed by atoms with van der Waals surface area (Å²) >= 11 is 3.47. The number of hydrogen-bond acceptors (Lipinski definition) is 3. The van der Waals surface area contributed by atoms with Crippen LogP contribution in [0.5, 0.6) is 5.75 Å². The first kappa shape index (κ1) is 10.9. The van der Waals surface area contributed by atoms with Crippen molar-refractivity contribution < 1.29 is 9.47 Å². The molecule has 3 nitrogen and oxygen atoms in total. The normalized spacial score (nSPS) is 16.1. The van der Waals surface area contributed by atoms with Crippen LogP contribution in [0.15, 0.2) is 22.7 Å². The van der Waals surface area contributed by atoms with Crippen molar-refractivity contribution in [1.82, 2.24) is 5.32 Å². The summed E-state index contributed by atoms with van der Waals surface area (Å²) in [5, 5.41) is 3.41. The van der Waals surface area contributed by atoms with Gasteiger partial charge in [-0.15, -0.1) is 0 Å². The van der Waals surface area contributed by atoms with Crippen molar-refractivity contribution in [2.24, 2.45) is 0 Å². The van der Waals surface area contributed by atoms with E-state index in [2.05, 4.69) is 33.4 Å². The second-order valence-corrected chi connectivity index (χ2v) is 4.44. The molecule has 15 heavy (non-hydrogen) atoms. The van der Waals surface area contributed by atoms with Crippen LogP contribution in [-0.2, 0) is 11.3 Å². The van der Waals surface area contributed by atoms with Gasteiger partial charge < -0.3 is 14.8 Å². The summed E-state index contributed by atoms with van der Waals surface area (Å²) in [5.74, 6) is 0.866. The van der Waals surface area contributed by atoms with Crippen LogP contribution < -0.4 is 10.1 Å². The van der Waals surface area contributed by atoms with Crippen LogP contribution in [0.25, 0.3) is 0 Å². The van der Waals surface area contributed by atoms with E-state index in [1.54, 1.807) is 7.11 Å². The molecule has 1 aromatic rings. The maximum Gasteiger partial charge on any atom is 0.133 e. The zero-order chi connectivity index (χ0) is 10.7. The summed E-state index contributed by atoms with van der Waals surface area (Å²) in [5.41, 5.74) is 1.24. The second kappa shape index (κ2) is 4.96. The first-order valence-corrected chi connectivity index (χ1v) is 5.72. The lowest BCUT2D eigenvalue weighted by Crippen LogP contribution is -2.45. The number of halogens is 1. The third-order valence-electron chi connectivity index (χ3n) is 2.45. The number of ether oxygens (including phenoxy) is 2. The van der Waals surface area contributed by atoms with Gasteiger partial charge in [0.25, 0.3) is 0 Å². The topological polar surface area (TPSA) is 30.5 Å². The molecule has 0 bridgehead atoms. The van der Waals surface area contributed by atoms with E-state index in [-0.39, 0.29) is 0 Å². The Kier molecular flexibility index (Phi) is 3.61. The molecule has 0 spiro atoms. The lowest BCUT2D eigenvalue weighted by atomic mass is 10.2. The van der Waals surface area contributed by atoms with E-state index in [9.17, 15) is 0 Å². The molecule has 1 fully saturated rings. The van der Waals surface area contributed by atoms with E-state index in [1.165, 1.54) is 5.56 Å². The number of benzene rings is 1. The second-order valence-electron chi connectivity index (χ2n) is 3.58. The van der Waals surface area contributed by atoms with Crippen molar-refractivity contribution in [2.75, 3.05) is 20.3 Å². The van der Waals surface area contributed by atoms with Gasteiger partial charge in [-0.2, -0.15) is 0 Å². The van der Waals surface area contributed by atoms with Gasteiger partial charge in [0.2, 0.25) is 0 Å². The number of methoxy groups -OCH3 is 1. The van der Waals surface area contributed by atoms with E-state index in [0.29, 0.717) is 6.04 Å². The van der Waals surface area contributed by atoms with Gasteiger partial charge in [0.05, 0.1) is 30.8 Å². The fourth-order valence-corrected chi connectivity index (χ4v) is 2.02. The highest BCUT2D eigenvalue weighted by Crippen LogP contribution is 2.25. The molecule has 1 aliphatic heterocycles. The molecule has 2 rings (SSSR count). The minimum Gasteiger partial charge on any atom is -0.496 e. The third-order valence-corrected chi connectivity index (χ3v) is 3.07. The average molecular weight is 272 g/mol. The van der Waals surface area contributed by atoms with Crippen LogP contribution in [0.4, 0.5) is 0 Å². The molecule has 0 aromatic heterocycles. The van der Waals surface area contributed by atoms with Gasteiger partial charge in [0.15, 0.2) is 0 Å². The van der Waals surface area contributed by atoms with Gasteiger partial charge in [-0.05, 0) is 33.6 Å². The Hall–Kier alpha value is -0.580. The van der Waals surface area contributed by atoms with Gasteiger partial charge in [0, 0.05) is 6.54 Å². The number of hydrogen-bond donors (Lipinski definition) is 1. The smallest absolute Gasteiger partial charge is 0.133 e. The average Bonchev–Trinajstić information content (AvgIpc) is 2.16. The van der Waals surface area contributed by atoms with Gasteiger partial charge >= 0.3 is 0 Å². The van der Waals surface area contributed by atoms with Crippen molar-refractivity contribution in [1.29, 1.82) is 0 Å². The zero-order valence-electron chi connectivity index (χ0n) is 8.63. The molecule has 1 saturated heterocycles.